The van der Waals surface area contributed by atoms with Crippen molar-refractivity contribution in [1.29, 1.82) is 5.26 Å². The molecule has 0 bridgehead atoms. The van der Waals surface area contributed by atoms with Crippen molar-refractivity contribution in [2.75, 3.05) is 11.1 Å². The number of allylic oxidation sites excluding steroid dienone is 1. The second-order valence-corrected chi connectivity index (χ2v) is 11.0. The number of Topliss-reactive ketones (excluding diaryl/α,β-unsaturated/α-hetero) is 1. The first kappa shape index (κ1) is 31.3. The zero-order chi connectivity index (χ0) is 30.6. The molecule has 0 aliphatic heterocycles. The third-order valence-corrected chi connectivity index (χ3v) is 8.10. The summed E-state index contributed by atoms with van der Waals surface area (Å²) >= 11 is 7.62. The minimum Gasteiger partial charge on any atom is -0.325 e. The van der Waals surface area contributed by atoms with Crippen LogP contribution in [0, 0.1) is 11.3 Å². The number of nitrogens with one attached hydrogen (secondary N) is 2. The lowest BCUT2D eigenvalue weighted by atomic mass is 9.86. The van der Waals surface area contributed by atoms with Gasteiger partial charge in [0.25, 0.3) is 5.91 Å². The number of amides is 2. The molecule has 2 N–H and O–H groups in total. The van der Waals surface area contributed by atoms with Crippen molar-refractivity contribution in [2.24, 2.45) is 0 Å². The summed E-state index contributed by atoms with van der Waals surface area (Å²) < 4.78 is 0. The van der Waals surface area contributed by atoms with Crippen LogP contribution >= 0.6 is 23.4 Å². The van der Waals surface area contributed by atoms with Gasteiger partial charge in [0.2, 0.25) is 5.91 Å². The van der Waals surface area contributed by atoms with Crippen molar-refractivity contribution in [3.63, 3.8) is 0 Å². The van der Waals surface area contributed by atoms with Crippen LogP contribution in [0.2, 0.25) is 5.02 Å². The van der Waals surface area contributed by atoms with Gasteiger partial charge in [-0.15, -0.1) is 0 Å². The fourth-order valence-corrected chi connectivity index (χ4v) is 5.57. The van der Waals surface area contributed by atoms with E-state index in [1.165, 1.54) is 0 Å². The predicted molar refractivity (Wildman–Crippen MR) is 173 cm³/mol. The molecule has 0 saturated heterocycles. The Bertz CT molecular complexity index is 1650. The smallest absolute Gasteiger partial charge is 0.256 e. The van der Waals surface area contributed by atoms with Crippen LogP contribution in [0.5, 0.6) is 0 Å². The van der Waals surface area contributed by atoms with Crippen LogP contribution in [-0.4, -0.2) is 23.4 Å². The third-order valence-electron chi connectivity index (χ3n) is 6.74. The molecule has 1 atom stereocenters. The fourth-order valence-electron chi connectivity index (χ4n) is 4.44. The highest BCUT2D eigenvalue weighted by Crippen LogP contribution is 2.37. The molecule has 43 heavy (non-hydrogen) atoms. The van der Waals surface area contributed by atoms with Gasteiger partial charge in [-0.25, -0.2) is 0 Å². The third kappa shape index (κ3) is 8.68. The van der Waals surface area contributed by atoms with Crippen molar-refractivity contribution >= 4 is 46.6 Å². The average Bonchev–Trinajstić information content (AvgIpc) is 3.04. The Morgan fingerprint density at radius 3 is 2.05 bits per heavy atom. The van der Waals surface area contributed by atoms with E-state index in [2.05, 4.69) is 23.6 Å². The van der Waals surface area contributed by atoms with E-state index in [0.29, 0.717) is 27.4 Å². The lowest BCUT2D eigenvalue weighted by Gasteiger charge is -2.21. The highest BCUT2D eigenvalue weighted by Gasteiger charge is 2.28. The molecule has 4 aromatic carbocycles. The number of thioether (sulfide) groups is 1. The average molecular weight is 608 g/mol. The fraction of sp³-hybridized carbons (Fsp3) is 0.143. The maximum absolute atomic E-state index is 13.4. The summed E-state index contributed by atoms with van der Waals surface area (Å²) in [5.41, 5.74) is 3.37. The van der Waals surface area contributed by atoms with E-state index in [1.807, 2.05) is 30.3 Å². The van der Waals surface area contributed by atoms with Gasteiger partial charge in [0.05, 0.1) is 22.4 Å². The monoisotopic (exact) mass is 607 g/mol. The summed E-state index contributed by atoms with van der Waals surface area (Å²) in [7, 11) is 0. The number of aryl methyl sites for hydroxylation is 1. The molecule has 0 unspecified atom stereocenters. The van der Waals surface area contributed by atoms with Gasteiger partial charge < -0.3 is 10.6 Å². The molecule has 0 spiro atoms. The number of anilines is 1. The Hall–Kier alpha value is -4.64. The number of rotatable bonds is 12. The first-order chi connectivity index (χ1) is 20.9. The van der Waals surface area contributed by atoms with Gasteiger partial charge >= 0.3 is 0 Å². The van der Waals surface area contributed by atoms with E-state index in [1.54, 1.807) is 78.9 Å². The van der Waals surface area contributed by atoms with Crippen molar-refractivity contribution in [3.05, 3.63) is 147 Å². The standard InChI is InChI=1S/C35H30ClN3O3S/c1-2-24-17-19-27(20-18-24)38-33(41)23-43-35(39-34(42)26-13-7-4-8-14-26)30(22-37)29(28-15-9-10-16-31(28)36)21-32(40)25-11-5-3-6-12-25/h3-20,29H,2,21,23H2,1H3,(H,38,41)(H,39,42)/b35-30+/t29-/m1/s1. The first-order valence-electron chi connectivity index (χ1n) is 13.7. The van der Waals surface area contributed by atoms with Crippen molar-refractivity contribution in [2.45, 2.75) is 25.7 Å². The lowest BCUT2D eigenvalue weighted by molar-refractivity contribution is -0.113. The molecule has 0 radical (unpaired) electrons. The molecule has 4 aromatic rings. The number of hydrogen-bond donors (Lipinski definition) is 2. The zero-order valence-corrected chi connectivity index (χ0v) is 25.1. The van der Waals surface area contributed by atoms with E-state index >= 15 is 0 Å². The lowest BCUT2D eigenvalue weighted by Crippen LogP contribution is -2.25. The molecule has 216 valence electrons. The highest BCUT2D eigenvalue weighted by atomic mass is 35.5. The molecule has 8 heteroatoms. The van der Waals surface area contributed by atoms with Gasteiger partial charge in [-0.2, -0.15) is 5.26 Å². The summed E-state index contributed by atoms with van der Waals surface area (Å²) in [4.78, 5) is 39.7. The van der Waals surface area contributed by atoms with Crippen LogP contribution in [0.1, 0.15) is 51.1 Å². The maximum Gasteiger partial charge on any atom is 0.256 e. The van der Waals surface area contributed by atoms with Gasteiger partial charge in [0, 0.05) is 34.2 Å². The number of carbonyl (C=O) groups is 3. The molecular formula is C35H30ClN3O3S. The minimum absolute atomic E-state index is 0.0715. The van der Waals surface area contributed by atoms with Gasteiger partial charge in [0.1, 0.15) is 0 Å². The van der Waals surface area contributed by atoms with E-state index in [4.69, 9.17) is 11.6 Å². The Labute approximate surface area is 260 Å². The van der Waals surface area contributed by atoms with Crippen LogP contribution in [-0.2, 0) is 11.2 Å². The summed E-state index contributed by atoms with van der Waals surface area (Å²) in [5.74, 6) is -1.82. The zero-order valence-electron chi connectivity index (χ0n) is 23.5. The number of nitriles is 1. The number of carbonyl (C=O) groups excluding carboxylic acids is 3. The Morgan fingerprint density at radius 1 is 0.837 bits per heavy atom. The van der Waals surface area contributed by atoms with Crippen molar-refractivity contribution < 1.29 is 14.4 Å². The molecule has 2 amide bonds. The van der Waals surface area contributed by atoms with Crippen LogP contribution in [0.4, 0.5) is 5.69 Å². The summed E-state index contributed by atoms with van der Waals surface area (Å²) in [6.45, 7) is 2.05. The van der Waals surface area contributed by atoms with E-state index in [0.717, 1.165) is 23.7 Å². The SMILES string of the molecule is CCc1ccc(NC(=O)CS/C(NC(=O)c2ccccc2)=C(\C#N)[C@H](CC(=O)c2ccccc2)c2ccccc2Cl)cc1. The van der Waals surface area contributed by atoms with Crippen LogP contribution in [0.3, 0.4) is 0 Å². The second-order valence-electron chi connectivity index (χ2n) is 9.63. The number of ketones is 1. The van der Waals surface area contributed by atoms with Gasteiger partial charge in [-0.05, 0) is 47.9 Å². The number of hydrogen-bond acceptors (Lipinski definition) is 5. The normalized spacial score (nSPS) is 11.9. The molecule has 4 rings (SSSR count). The topological polar surface area (TPSA) is 99.1 Å². The summed E-state index contributed by atoms with van der Waals surface area (Å²) in [5, 5.41) is 16.8. The molecule has 0 heterocycles. The van der Waals surface area contributed by atoms with Crippen LogP contribution in [0.15, 0.2) is 120 Å². The largest absolute Gasteiger partial charge is 0.325 e. The molecule has 0 saturated carbocycles. The van der Waals surface area contributed by atoms with Gasteiger partial charge in [-0.3, -0.25) is 14.4 Å². The molecule has 0 aromatic heterocycles. The van der Waals surface area contributed by atoms with Crippen molar-refractivity contribution in [1.82, 2.24) is 5.32 Å². The number of benzene rings is 4. The van der Waals surface area contributed by atoms with Crippen molar-refractivity contribution in [3.8, 4) is 6.07 Å². The number of halogens is 1. The predicted octanol–water partition coefficient (Wildman–Crippen LogP) is 7.80. The Kier molecular flexibility index (Phi) is 11.3. The van der Waals surface area contributed by atoms with Crippen LogP contribution < -0.4 is 10.6 Å². The first-order valence-corrected chi connectivity index (χ1v) is 15.1. The maximum atomic E-state index is 13.4. The molecule has 0 aliphatic rings. The van der Waals surface area contributed by atoms with E-state index in [9.17, 15) is 19.6 Å². The molecule has 0 aliphatic carbocycles. The summed E-state index contributed by atoms with van der Waals surface area (Å²) in [6.07, 6.45) is 0.813. The molecule has 6 nitrogen and oxygen atoms in total. The molecular weight excluding hydrogens is 578 g/mol. The van der Waals surface area contributed by atoms with Crippen LogP contribution in [0.25, 0.3) is 0 Å². The summed E-state index contributed by atoms with van der Waals surface area (Å²) in [6, 6.07) is 34.1. The number of nitrogens with zero attached hydrogens (tertiary/aromatic N) is 1. The van der Waals surface area contributed by atoms with Gasteiger partial charge in [0.15, 0.2) is 5.78 Å². The quantitative estimate of drug-likeness (QED) is 0.126. The highest BCUT2D eigenvalue weighted by molar-refractivity contribution is 8.03. The Balaban J connectivity index is 1.70. The van der Waals surface area contributed by atoms with E-state index in [-0.39, 0.29) is 34.5 Å². The van der Waals surface area contributed by atoms with E-state index < -0.39 is 11.8 Å². The Morgan fingerprint density at radius 2 is 1.44 bits per heavy atom. The molecule has 0 fully saturated rings. The second kappa shape index (κ2) is 15.5. The minimum atomic E-state index is -0.783. The van der Waals surface area contributed by atoms with Gasteiger partial charge in [-0.1, -0.05) is 109 Å².